The lowest BCUT2D eigenvalue weighted by Gasteiger charge is -2.10. The standard InChI is InChI=1S/C18H14N4O2/c1-11-4-2-3-5-16(11)21-8-6-14-12(17(21)23)10-13-15(20-14)7-9-22(19)18(13)24/h2-10H,19H2,1H3. The van der Waals surface area contributed by atoms with Gasteiger partial charge in [-0.25, -0.2) is 9.66 Å². The van der Waals surface area contributed by atoms with Gasteiger partial charge in [0.15, 0.2) is 0 Å². The highest BCUT2D eigenvalue weighted by molar-refractivity contribution is 5.91. The molecule has 0 aliphatic heterocycles. The van der Waals surface area contributed by atoms with Crippen LogP contribution >= 0.6 is 0 Å². The van der Waals surface area contributed by atoms with E-state index in [1.165, 1.54) is 6.20 Å². The SMILES string of the molecule is Cc1ccccc1-n1ccc2nc3ccn(N)c(=O)c3cc2c1=O. The molecule has 0 unspecified atom stereocenters. The number of nitrogens with zero attached hydrogens (tertiary/aromatic N) is 3. The minimum Gasteiger partial charge on any atom is -0.336 e. The Morgan fingerprint density at radius 1 is 0.917 bits per heavy atom. The normalized spacial score (nSPS) is 11.2. The van der Waals surface area contributed by atoms with Crippen LogP contribution in [0.2, 0.25) is 0 Å². The number of nitrogen functional groups attached to an aromatic ring is 1. The zero-order chi connectivity index (χ0) is 16.8. The fraction of sp³-hybridized carbons (Fsp3) is 0.0556. The van der Waals surface area contributed by atoms with Crippen molar-refractivity contribution in [3.05, 3.63) is 81.1 Å². The molecule has 0 bridgehead atoms. The summed E-state index contributed by atoms with van der Waals surface area (Å²) in [5.74, 6) is 5.60. The molecule has 0 fully saturated rings. The second-order valence-electron chi connectivity index (χ2n) is 5.66. The van der Waals surface area contributed by atoms with E-state index in [0.29, 0.717) is 21.8 Å². The van der Waals surface area contributed by atoms with Crippen LogP contribution in [-0.2, 0) is 0 Å². The molecule has 0 saturated carbocycles. The number of fused-ring (bicyclic) bond motifs is 2. The van der Waals surface area contributed by atoms with Gasteiger partial charge < -0.3 is 5.84 Å². The summed E-state index contributed by atoms with van der Waals surface area (Å²) in [5.41, 5.74) is 2.25. The molecule has 2 N–H and O–H groups in total. The number of rotatable bonds is 1. The van der Waals surface area contributed by atoms with E-state index in [1.54, 1.807) is 29.0 Å². The van der Waals surface area contributed by atoms with Gasteiger partial charge in [-0.05, 0) is 36.8 Å². The van der Waals surface area contributed by atoms with Gasteiger partial charge in [-0.2, -0.15) is 0 Å². The summed E-state index contributed by atoms with van der Waals surface area (Å²) in [5, 5.41) is 0.712. The number of para-hydroxylation sites is 1. The van der Waals surface area contributed by atoms with Gasteiger partial charge in [0.1, 0.15) is 0 Å². The average molecular weight is 318 g/mol. The van der Waals surface area contributed by atoms with E-state index in [1.807, 2.05) is 31.2 Å². The largest absolute Gasteiger partial charge is 0.336 e. The predicted octanol–water partition coefficient (Wildman–Crippen LogP) is 1.72. The molecule has 0 saturated heterocycles. The zero-order valence-electron chi connectivity index (χ0n) is 12.9. The number of aryl methyl sites for hydroxylation is 1. The van der Waals surface area contributed by atoms with Gasteiger partial charge in [0.25, 0.3) is 11.1 Å². The van der Waals surface area contributed by atoms with E-state index in [9.17, 15) is 9.59 Å². The Hall–Kier alpha value is -3.41. The Kier molecular flexibility index (Phi) is 2.99. The summed E-state index contributed by atoms with van der Waals surface area (Å²) >= 11 is 0. The van der Waals surface area contributed by atoms with E-state index < -0.39 is 0 Å². The highest BCUT2D eigenvalue weighted by Crippen LogP contribution is 2.17. The first-order valence-corrected chi connectivity index (χ1v) is 7.45. The molecule has 3 aromatic heterocycles. The third-order valence-corrected chi connectivity index (χ3v) is 4.15. The van der Waals surface area contributed by atoms with E-state index in [-0.39, 0.29) is 11.1 Å². The maximum absolute atomic E-state index is 12.9. The van der Waals surface area contributed by atoms with Crippen molar-refractivity contribution in [3.63, 3.8) is 0 Å². The Labute approximate surface area is 136 Å². The van der Waals surface area contributed by atoms with Crippen LogP contribution in [0.3, 0.4) is 0 Å². The third kappa shape index (κ3) is 2.00. The van der Waals surface area contributed by atoms with Crippen LogP contribution in [0.4, 0.5) is 0 Å². The van der Waals surface area contributed by atoms with Crippen molar-refractivity contribution in [2.24, 2.45) is 0 Å². The lowest BCUT2D eigenvalue weighted by molar-refractivity contribution is 0.951. The molecule has 3 heterocycles. The molecule has 4 rings (SSSR count). The van der Waals surface area contributed by atoms with Crippen LogP contribution in [0, 0.1) is 6.92 Å². The van der Waals surface area contributed by atoms with Gasteiger partial charge in [-0.3, -0.25) is 14.2 Å². The summed E-state index contributed by atoms with van der Waals surface area (Å²) in [4.78, 5) is 29.5. The van der Waals surface area contributed by atoms with Crippen molar-refractivity contribution in [1.82, 2.24) is 14.2 Å². The molecule has 0 aliphatic rings. The molecule has 118 valence electrons. The highest BCUT2D eigenvalue weighted by atomic mass is 16.1. The maximum Gasteiger partial charge on any atom is 0.278 e. The van der Waals surface area contributed by atoms with Crippen LogP contribution in [-0.4, -0.2) is 14.2 Å². The lowest BCUT2D eigenvalue weighted by Crippen LogP contribution is -2.26. The molecule has 1 aromatic carbocycles. The molecule has 0 atom stereocenters. The fourth-order valence-corrected chi connectivity index (χ4v) is 2.86. The predicted molar refractivity (Wildman–Crippen MR) is 94.0 cm³/mol. The molecule has 0 spiro atoms. The first-order valence-electron chi connectivity index (χ1n) is 7.45. The second kappa shape index (κ2) is 5.06. The first-order chi connectivity index (χ1) is 11.6. The molecule has 24 heavy (non-hydrogen) atoms. The van der Waals surface area contributed by atoms with Crippen molar-refractivity contribution in [2.45, 2.75) is 6.92 Å². The van der Waals surface area contributed by atoms with E-state index in [0.717, 1.165) is 15.9 Å². The van der Waals surface area contributed by atoms with Gasteiger partial charge in [-0.15, -0.1) is 0 Å². The topological polar surface area (TPSA) is 82.9 Å². The van der Waals surface area contributed by atoms with Gasteiger partial charge in [0.05, 0.1) is 27.5 Å². The van der Waals surface area contributed by atoms with Crippen LogP contribution < -0.4 is 17.0 Å². The van der Waals surface area contributed by atoms with Crippen molar-refractivity contribution in [3.8, 4) is 5.69 Å². The summed E-state index contributed by atoms with van der Waals surface area (Å²) in [6, 6.07) is 12.6. The molecular weight excluding hydrogens is 304 g/mol. The minimum absolute atomic E-state index is 0.219. The van der Waals surface area contributed by atoms with Crippen molar-refractivity contribution in [1.29, 1.82) is 0 Å². The fourth-order valence-electron chi connectivity index (χ4n) is 2.86. The van der Waals surface area contributed by atoms with Crippen LogP contribution in [0.1, 0.15) is 5.56 Å². The maximum atomic E-state index is 12.9. The quantitative estimate of drug-likeness (QED) is 0.428. The number of hydrogen-bond donors (Lipinski definition) is 1. The third-order valence-electron chi connectivity index (χ3n) is 4.15. The minimum atomic E-state index is -0.382. The van der Waals surface area contributed by atoms with Crippen molar-refractivity contribution < 1.29 is 0 Å². The van der Waals surface area contributed by atoms with E-state index in [4.69, 9.17) is 5.84 Å². The second-order valence-corrected chi connectivity index (χ2v) is 5.66. The Morgan fingerprint density at radius 2 is 1.58 bits per heavy atom. The van der Waals surface area contributed by atoms with E-state index >= 15 is 0 Å². The van der Waals surface area contributed by atoms with Crippen LogP contribution in [0.25, 0.3) is 27.5 Å². The van der Waals surface area contributed by atoms with Gasteiger partial charge in [-0.1, -0.05) is 18.2 Å². The molecule has 6 nitrogen and oxygen atoms in total. The molecular formula is C18H14N4O2. The summed E-state index contributed by atoms with van der Waals surface area (Å²) in [6.07, 6.45) is 3.16. The van der Waals surface area contributed by atoms with Gasteiger partial charge >= 0.3 is 0 Å². The molecule has 0 amide bonds. The van der Waals surface area contributed by atoms with Crippen LogP contribution in [0.15, 0.2) is 64.4 Å². The number of nitrogens with two attached hydrogens (primary N) is 1. The average Bonchev–Trinajstić information content (AvgIpc) is 2.59. The Bertz CT molecular complexity index is 1220. The van der Waals surface area contributed by atoms with E-state index in [2.05, 4.69) is 4.98 Å². The molecule has 4 aromatic rings. The smallest absolute Gasteiger partial charge is 0.278 e. The van der Waals surface area contributed by atoms with Crippen molar-refractivity contribution >= 4 is 21.8 Å². The molecule has 0 aliphatic carbocycles. The lowest BCUT2D eigenvalue weighted by atomic mass is 10.1. The monoisotopic (exact) mass is 318 g/mol. The summed E-state index contributed by atoms with van der Waals surface area (Å²) < 4.78 is 2.55. The number of hydrogen-bond acceptors (Lipinski definition) is 4. The van der Waals surface area contributed by atoms with Crippen molar-refractivity contribution in [2.75, 3.05) is 5.84 Å². The summed E-state index contributed by atoms with van der Waals surface area (Å²) in [7, 11) is 0. The van der Waals surface area contributed by atoms with Gasteiger partial charge in [0.2, 0.25) is 0 Å². The zero-order valence-corrected chi connectivity index (χ0v) is 12.9. The van der Waals surface area contributed by atoms with Gasteiger partial charge in [0, 0.05) is 12.4 Å². The summed E-state index contributed by atoms with van der Waals surface area (Å²) in [6.45, 7) is 1.94. The number of aromatic nitrogens is 3. The number of benzene rings is 1. The Morgan fingerprint density at radius 3 is 2.33 bits per heavy atom. The molecule has 6 heteroatoms. The van der Waals surface area contributed by atoms with Crippen LogP contribution in [0.5, 0.6) is 0 Å². The first kappa shape index (κ1) is 14.2. The highest BCUT2D eigenvalue weighted by Gasteiger charge is 2.10. The number of pyridine rings is 3. The molecule has 0 radical (unpaired) electrons. The Balaban J connectivity index is 2.11.